The van der Waals surface area contributed by atoms with Gasteiger partial charge in [0.05, 0.1) is 16.4 Å². The van der Waals surface area contributed by atoms with Crippen LogP contribution in [-0.2, 0) is 13.5 Å². The lowest BCUT2D eigenvalue weighted by Crippen LogP contribution is -2.36. The van der Waals surface area contributed by atoms with E-state index < -0.39 is 0 Å². The van der Waals surface area contributed by atoms with Gasteiger partial charge < -0.3 is 5.32 Å². The van der Waals surface area contributed by atoms with Crippen molar-refractivity contribution in [1.29, 1.82) is 0 Å². The molecule has 0 amide bonds. The average molecular weight is 300 g/mol. The minimum Gasteiger partial charge on any atom is -0.316 e. The van der Waals surface area contributed by atoms with Gasteiger partial charge in [-0.3, -0.25) is 4.68 Å². The Kier molecular flexibility index (Phi) is 6.53. The van der Waals surface area contributed by atoms with Crippen LogP contribution in [0.25, 0.3) is 0 Å². The molecule has 1 atom stereocenters. The van der Waals surface area contributed by atoms with Crippen LogP contribution in [0, 0.1) is 18.3 Å². The van der Waals surface area contributed by atoms with E-state index in [1.807, 2.05) is 18.7 Å². The van der Waals surface area contributed by atoms with E-state index >= 15 is 0 Å². The third-order valence-corrected chi connectivity index (χ3v) is 4.31. The summed E-state index contributed by atoms with van der Waals surface area (Å²) in [6.07, 6.45) is 3.36. The highest BCUT2D eigenvalue weighted by Gasteiger charge is 2.27. The lowest BCUT2D eigenvalue weighted by Gasteiger charge is -2.30. The first-order valence-electron chi connectivity index (χ1n) is 7.67. The van der Waals surface area contributed by atoms with E-state index in [1.165, 1.54) is 12.8 Å². The number of nitrogens with one attached hydrogen (secondary N) is 1. The maximum absolute atomic E-state index is 6.40. The van der Waals surface area contributed by atoms with Crippen LogP contribution in [0.5, 0.6) is 0 Å². The summed E-state index contributed by atoms with van der Waals surface area (Å²) < 4.78 is 1.94. The minimum atomic E-state index is 0.230. The molecule has 0 aromatic carbocycles. The summed E-state index contributed by atoms with van der Waals surface area (Å²) in [5.74, 6) is 0.684. The Morgan fingerprint density at radius 2 is 2.05 bits per heavy atom. The number of hydrogen-bond donors (Lipinski definition) is 1. The van der Waals surface area contributed by atoms with Crippen molar-refractivity contribution in [2.24, 2.45) is 18.4 Å². The molecule has 1 N–H and O–H groups in total. The minimum absolute atomic E-state index is 0.230. The molecule has 0 aliphatic heterocycles. The molecule has 0 aliphatic carbocycles. The molecule has 0 spiro atoms. The van der Waals surface area contributed by atoms with Crippen LogP contribution in [0.1, 0.15) is 51.9 Å². The van der Waals surface area contributed by atoms with Crippen LogP contribution in [0.2, 0.25) is 5.02 Å². The largest absolute Gasteiger partial charge is 0.316 e. The second-order valence-electron chi connectivity index (χ2n) is 6.73. The van der Waals surface area contributed by atoms with E-state index in [4.69, 9.17) is 11.6 Å². The predicted molar refractivity (Wildman–Crippen MR) is 87.4 cm³/mol. The van der Waals surface area contributed by atoms with E-state index in [-0.39, 0.29) is 5.41 Å². The Bertz CT molecular complexity index is 426. The van der Waals surface area contributed by atoms with Gasteiger partial charge in [-0.1, -0.05) is 45.7 Å². The summed E-state index contributed by atoms with van der Waals surface area (Å²) in [5, 5.41) is 8.86. The molecule has 20 heavy (non-hydrogen) atoms. The van der Waals surface area contributed by atoms with Gasteiger partial charge in [0.25, 0.3) is 0 Å². The van der Waals surface area contributed by atoms with Crippen molar-refractivity contribution in [2.75, 3.05) is 13.1 Å². The first-order chi connectivity index (χ1) is 9.29. The summed E-state index contributed by atoms with van der Waals surface area (Å²) in [6.45, 7) is 13.1. The van der Waals surface area contributed by atoms with E-state index in [9.17, 15) is 0 Å². The Hall–Kier alpha value is -0.540. The van der Waals surface area contributed by atoms with Gasteiger partial charge in [0.2, 0.25) is 0 Å². The monoisotopic (exact) mass is 299 g/mol. The maximum atomic E-state index is 6.40. The molecule has 1 heterocycles. The SMILES string of the molecule is CCCC(C)(CNCC(C)C)Cc1c(Cl)c(C)nn1C. The Morgan fingerprint density at radius 1 is 1.40 bits per heavy atom. The summed E-state index contributed by atoms with van der Waals surface area (Å²) in [4.78, 5) is 0. The lowest BCUT2D eigenvalue weighted by molar-refractivity contribution is 0.265. The molecule has 3 nitrogen and oxygen atoms in total. The van der Waals surface area contributed by atoms with Crippen molar-refractivity contribution in [3.63, 3.8) is 0 Å². The van der Waals surface area contributed by atoms with E-state index in [1.54, 1.807) is 0 Å². The van der Waals surface area contributed by atoms with Crippen molar-refractivity contribution in [3.05, 3.63) is 16.4 Å². The standard InChI is InChI=1S/C16H30ClN3/c1-7-8-16(5,11-18-10-12(2)3)9-14-15(17)13(4)19-20(14)6/h12,18H,7-11H2,1-6H3. The second-order valence-corrected chi connectivity index (χ2v) is 7.11. The van der Waals surface area contributed by atoms with Crippen molar-refractivity contribution < 1.29 is 0 Å². The van der Waals surface area contributed by atoms with Crippen molar-refractivity contribution in [3.8, 4) is 0 Å². The zero-order valence-electron chi connectivity index (χ0n) is 13.9. The molecule has 0 saturated heterocycles. The van der Waals surface area contributed by atoms with Gasteiger partial charge in [-0.05, 0) is 37.6 Å². The quantitative estimate of drug-likeness (QED) is 0.787. The molecule has 0 fully saturated rings. The summed E-state index contributed by atoms with van der Waals surface area (Å²) >= 11 is 6.40. The first-order valence-corrected chi connectivity index (χ1v) is 8.05. The van der Waals surface area contributed by atoms with Gasteiger partial charge in [0.15, 0.2) is 0 Å². The molecular formula is C16H30ClN3. The van der Waals surface area contributed by atoms with Crippen LogP contribution < -0.4 is 5.32 Å². The van der Waals surface area contributed by atoms with Gasteiger partial charge in [0, 0.05) is 13.6 Å². The van der Waals surface area contributed by atoms with Gasteiger partial charge in [-0.15, -0.1) is 0 Å². The predicted octanol–water partition coefficient (Wildman–Crippen LogP) is 3.98. The molecule has 1 aromatic heterocycles. The summed E-state index contributed by atoms with van der Waals surface area (Å²) in [6, 6.07) is 0. The number of aromatic nitrogens is 2. The fraction of sp³-hybridized carbons (Fsp3) is 0.812. The van der Waals surface area contributed by atoms with E-state index in [0.29, 0.717) is 5.92 Å². The molecule has 0 aliphatic rings. The molecule has 0 radical (unpaired) electrons. The molecule has 0 bridgehead atoms. The first kappa shape index (κ1) is 17.5. The Labute approximate surface area is 129 Å². The van der Waals surface area contributed by atoms with Crippen molar-refractivity contribution in [2.45, 2.75) is 53.9 Å². The number of aryl methyl sites for hydroxylation is 2. The van der Waals surface area contributed by atoms with E-state index in [0.717, 1.165) is 35.9 Å². The van der Waals surface area contributed by atoms with Crippen molar-refractivity contribution in [1.82, 2.24) is 15.1 Å². The smallest absolute Gasteiger partial charge is 0.0847 e. The third-order valence-electron chi connectivity index (χ3n) is 3.81. The highest BCUT2D eigenvalue weighted by atomic mass is 35.5. The zero-order chi connectivity index (χ0) is 15.3. The summed E-state index contributed by atoms with van der Waals surface area (Å²) in [5.41, 5.74) is 2.32. The third kappa shape index (κ3) is 4.78. The number of hydrogen-bond acceptors (Lipinski definition) is 2. The lowest BCUT2D eigenvalue weighted by atomic mass is 9.81. The number of nitrogens with zero attached hydrogens (tertiary/aromatic N) is 2. The Balaban J connectivity index is 2.79. The van der Waals surface area contributed by atoms with Crippen LogP contribution in [0.4, 0.5) is 0 Å². The summed E-state index contributed by atoms with van der Waals surface area (Å²) in [7, 11) is 1.99. The van der Waals surface area contributed by atoms with Gasteiger partial charge in [0.1, 0.15) is 0 Å². The van der Waals surface area contributed by atoms with Crippen LogP contribution in [0.15, 0.2) is 0 Å². The van der Waals surface area contributed by atoms with E-state index in [2.05, 4.69) is 38.1 Å². The van der Waals surface area contributed by atoms with Crippen molar-refractivity contribution >= 4 is 11.6 Å². The highest BCUT2D eigenvalue weighted by molar-refractivity contribution is 6.31. The molecular weight excluding hydrogens is 270 g/mol. The number of halogens is 1. The fourth-order valence-electron chi connectivity index (χ4n) is 2.78. The molecule has 4 heteroatoms. The fourth-order valence-corrected chi connectivity index (χ4v) is 3.01. The Morgan fingerprint density at radius 3 is 2.50 bits per heavy atom. The average Bonchev–Trinajstić information content (AvgIpc) is 2.56. The molecule has 1 aromatic rings. The van der Waals surface area contributed by atoms with Crippen LogP contribution in [-0.4, -0.2) is 22.9 Å². The topological polar surface area (TPSA) is 29.9 Å². The molecule has 116 valence electrons. The zero-order valence-corrected chi connectivity index (χ0v) is 14.6. The van der Waals surface area contributed by atoms with Crippen LogP contribution in [0.3, 0.4) is 0 Å². The van der Waals surface area contributed by atoms with Crippen LogP contribution >= 0.6 is 11.6 Å². The second kappa shape index (κ2) is 7.46. The van der Waals surface area contributed by atoms with Gasteiger partial charge >= 0.3 is 0 Å². The van der Waals surface area contributed by atoms with Gasteiger partial charge in [-0.2, -0.15) is 5.10 Å². The van der Waals surface area contributed by atoms with Gasteiger partial charge in [-0.25, -0.2) is 0 Å². The maximum Gasteiger partial charge on any atom is 0.0847 e. The highest BCUT2D eigenvalue weighted by Crippen LogP contribution is 2.31. The number of rotatable bonds is 8. The normalized spacial score (nSPS) is 14.8. The molecule has 1 unspecified atom stereocenters. The molecule has 0 saturated carbocycles. The molecule has 1 rings (SSSR count).